The number of ether oxygens (including phenoxy) is 1. The van der Waals surface area contributed by atoms with Crippen molar-refractivity contribution in [1.29, 1.82) is 0 Å². The quantitative estimate of drug-likeness (QED) is 0.686. The van der Waals surface area contributed by atoms with E-state index in [1.807, 2.05) is 13.8 Å². The maximum Gasteiger partial charge on any atom is 0.410 e. The molecule has 1 heterocycles. The molecule has 1 aromatic heterocycles. The van der Waals surface area contributed by atoms with Crippen LogP contribution in [0.4, 0.5) is 9.18 Å². The van der Waals surface area contributed by atoms with E-state index in [-0.39, 0.29) is 5.02 Å². The Morgan fingerprint density at radius 1 is 1.21 bits per heavy atom. The van der Waals surface area contributed by atoms with E-state index < -0.39 is 29.2 Å². The van der Waals surface area contributed by atoms with Crippen molar-refractivity contribution in [2.24, 2.45) is 0 Å². The fourth-order valence-corrected chi connectivity index (χ4v) is 2.86. The molecule has 5 nitrogen and oxygen atoms in total. The predicted molar refractivity (Wildman–Crippen MR) is 112 cm³/mol. The maximum atomic E-state index is 13.6. The molecule has 0 saturated carbocycles. The van der Waals surface area contributed by atoms with Gasteiger partial charge in [-0.3, -0.25) is 4.98 Å². The van der Waals surface area contributed by atoms with Crippen LogP contribution in [-0.2, 0) is 10.3 Å². The average Bonchev–Trinajstić information content (AvgIpc) is 2.61. The number of halogens is 2. The van der Waals surface area contributed by atoms with Crippen LogP contribution in [0.2, 0.25) is 5.02 Å². The van der Waals surface area contributed by atoms with Crippen molar-refractivity contribution in [3.05, 3.63) is 52.4 Å². The summed E-state index contributed by atoms with van der Waals surface area (Å²) >= 11 is 5.93. The van der Waals surface area contributed by atoms with Crippen LogP contribution >= 0.6 is 11.6 Å². The van der Waals surface area contributed by atoms with Crippen LogP contribution in [0.1, 0.15) is 58.9 Å². The number of hydrogen-bond acceptors (Lipinski definition) is 4. The van der Waals surface area contributed by atoms with Crippen LogP contribution in [0.25, 0.3) is 11.3 Å². The standard InChI is InChI=1S/C22H28ClFN2O3/c1-13(27)18-11-15(22(5,6)26(7)20(28)29-21(2,3)4)12-19(25-18)14-8-9-17(24)16(23)10-14/h8-13,27H,1-7H3. The summed E-state index contributed by atoms with van der Waals surface area (Å²) in [7, 11) is 1.66. The molecule has 1 unspecified atom stereocenters. The first-order chi connectivity index (χ1) is 13.2. The monoisotopic (exact) mass is 422 g/mol. The van der Waals surface area contributed by atoms with Crippen molar-refractivity contribution in [3.63, 3.8) is 0 Å². The Balaban J connectivity index is 2.54. The topological polar surface area (TPSA) is 62.7 Å². The first-order valence-corrected chi connectivity index (χ1v) is 9.73. The number of carbonyl (C=O) groups excluding carboxylic acids is 1. The van der Waals surface area contributed by atoms with Crippen molar-refractivity contribution < 1.29 is 19.0 Å². The summed E-state index contributed by atoms with van der Waals surface area (Å²) in [5.74, 6) is -0.521. The molecule has 1 atom stereocenters. The number of hydrogen-bond donors (Lipinski definition) is 1. The van der Waals surface area contributed by atoms with Gasteiger partial charge < -0.3 is 14.7 Å². The normalized spacial score (nSPS) is 13.2. The third-order valence-electron chi connectivity index (χ3n) is 4.70. The molecular formula is C22H28ClFN2O3. The van der Waals surface area contributed by atoms with Crippen molar-refractivity contribution >= 4 is 17.7 Å². The maximum absolute atomic E-state index is 13.6. The Kier molecular flexibility index (Phi) is 6.60. The highest BCUT2D eigenvalue weighted by Crippen LogP contribution is 2.33. The number of nitrogens with zero attached hydrogens (tertiary/aromatic N) is 2. The lowest BCUT2D eigenvalue weighted by atomic mass is 9.91. The second-order valence-corrected chi connectivity index (χ2v) is 8.98. The smallest absolute Gasteiger partial charge is 0.410 e. The van der Waals surface area contributed by atoms with Gasteiger partial charge in [-0.2, -0.15) is 0 Å². The molecule has 0 saturated heterocycles. The van der Waals surface area contributed by atoms with Gasteiger partial charge in [0.25, 0.3) is 0 Å². The van der Waals surface area contributed by atoms with E-state index in [4.69, 9.17) is 16.3 Å². The summed E-state index contributed by atoms with van der Waals surface area (Å²) in [4.78, 5) is 18.6. The Morgan fingerprint density at radius 3 is 2.34 bits per heavy atom. The number of pyridine rings is 1. The van der Waals surface area contributed by atoms with Gasteiger partial charge in [0.2, 0.25) is 0 Å². The van der Waals surface area contributed by atoms with E-state index >= 15 is 0 Å². The lowest BCUT2D eigenvalue weighted by Gasteiger charge is -2.37. The molecule has 1 N–H and O–H groups in total. The third-order valence-corrected chi connectivity index (χ3v) is 4.99. The third kappa shape index (κ3) is 5.46. The Morgan fingerprint density at radius 2 is 1.83 bits per heavy atom. The molecule has 0 spiro atoms. The predicted octanol–water partition coefficient (Wildman–Crippen LogP) is 5.70. The summed E-state index contributed by atoms with van der Waals surface area (Å²) < 4.78 is 19.1. The van der Waals surface area contributed by atoms with E-state index in [1.165, 1.54) is 17.0 Å². The lowest BCUT2D eigenvalue weighted by Crippen LogP contribution is -2.45. The van der Waals surface area contributed by atoms with Gasteiger partial charge >= 0.3 is 6.09 Å². The number of rotatable bonds is 4. The molecule has 0 radical (unpaired) electrons. The minimum Gasteiger partial charge on any atom is -0.444 e. The van der Waals surface area contributed by atoms with E-state index in [0.29, 0.717) is 17.0 Å². The van der Waals surface area contributed by atoms with E-state index in [2.05, 4.69) is 4.98 Å². The molecular weight excluding hydrogens is 395 g/mol. The van der Waals surface area contributed by atoms with Gasteiger partial charge in [0.15, 0.2) is 0 Å². The summed E-state index contributed by atoms with van der Waals surface area (Å²) in [6, 6.07) is 7.88. The SMILES string of the molecule is CC(O)c1cc(C(C)(C)N(C)C(=O)OC(C)(C)C)cc(-c2ccc(F)c(Cl)c2)n1. The fourth-order valence-electron chi connectivity index (χ4n) is 2.67. The first kappa shape index (κ1) is 23.1. The van der Waals surface area contributed by atoms with Crippen LogP contribution in [0.15, 0.2) is 30.3 Å². The van der Waals surface area contributed by atoms with Gasteiger partial charge in [-0.1, -0.05) is 11.6 Å². The molecule has 1 amide bonds. The molecule has 7 heteroatoms. The van der Waals surface area contributed by atoms with E-state index in [0.717, 1.165) is 5.56 Å². The van der Waals surface area contributed by atoms with Gasteiger partial charge in [0.1, 0.15) is 11.4 Å². The average molecular weight is 423 g/mol. The summed E-state index contributed by atoms with van der Waals surface area (Å²) in [5, 5.41) is 10.1. The minimum absolute atomic E-state index is 0.0153. The molecule has 158 valence electrons. The van der Waals surface area contributed by atoms with E-state index in [9.17, 15) is 14.3 Å². The van der Waals surface area contributed by atoms with Crippen molar-refractivity contribution in [3.8, 4) is 11.3 Å². The molecule has 29 heavy (non-hydrogen) atoms. The Bertz CT molecular complexity index is 907. The molecule has 2 aromatic rings. The van der Waals surface area contributed by atoms with Gasteiger partial charge in [-0.25, -0.2) is 9.18 Å². The molecule has 0 fully saturated rings. The number of benzene rings is 1. The minimum atomic E-state index is -0.827. The second-order valence-electron chi connectivity index (χ2n) is 8.57. The van der Waals surface area contributed by atoms with E-state index in [1.54, 1.807) is 52.9 Å². The van der Waals surface area contributed by atoms with Gasteiger partial charge in [-0.05, 0) is 77.4 Å². The molecule has 0 aliphatic rings. The highest BCUT2D eigenvalue weighted by atomic mass is 35.5. The zero-order valence-electron chi connectivity index (χ0n) is 17.9. The molecule has 1 aromatic carbocycles. The van der Waals surface area contributed by atoms with Gasteiger partial charge in [0.05, 0.1) is 28.1 Å². The summed E-state index contributed by atoms with van der Waals surface area (Å²) in [6.45, 7) is 10.8. The molecule has 0 aliphatic carbocycles. The zero-order valence-corrected chi connectivity index (χ0v) is 18.6. The number of aliphatic hydroxyl groups excluding tert-OH is 1. The van der Waals surface area contributed by atoms with Crippen LogP contribution in [-0.4, -0.2) is 33.7 Å². The van der Waals surface area contributed by atoms with Gasteiger partial charge in [-0.15, -0.1) is 0 Å². The Labute approximate surface area is 176 Å². The van der Waals surface area contributed by atoms with Crippen LogP contribution in [0, 0.1) is 5.82 Å². The van der Waals surface area contributed by atoms with Crippen molar-refractivity contribution in [2.75, 3.05) is 7.05 Å². The van der Waals surface area contributed by atoms with Crippen LogP contribution in [0.5, 0.6) is 0 Å². The summed E-state index contributed by atoms with van der Waals surface area (Å²) in [5.41, 5.74) is 0.908. The first-order valence-electron chi connectivity index (χ1n) is 9.35. The zero-order chi connectivity index (χ0) is 22.1. The van der Waals surface area contributed by atoms with Crippen molar-refractivity contribution in [2.45, 2.75) is 58.8 Å². The summed E-state index contributed by atoms with van der Waals surface area (Å²) in [6.07, 6.45) is -1.29. The van der Waals surface area contributed by atoms with Crippen LogP contribution < -0.4 is 0 Å². The number of aromatic nitrogens is 1. The second kappa shape index (κ2) is 8.28. The molecule has 0 bridgehead atoms. The fraction of sp³-hybridized carbons (Fsp3) is 0.455. The number of aliphatic hydroxyl groups is 1. The van der Waals surface area contributed by atoms with Gasteiger partial charge in [0, 0.05) is 12.6 Å². The van der Waals surface area contributed by atoms with Crippen LogP contribution in [0.3, 0.4) is 0 Å². The highest BCUT2D eigenvalue weighted by molar-refractivity contribution is 6.31. The number of amides is 1. The van der Waals surface area contributed by atoms with Crippen molar-refractivity contribution in [1.82, 2.24) is 9.88 Å². The number of carbonyl (C=O) groups is 1. The highest BCUT2D eigenvalue weighted by Gasteiger charge is 2.33. The largest absolute Gasteiger partial charge is 0.444 e. The molecule has 0 aliphatic heterocycles. The lowest BCUT2D eigenvalue weighted by molar-refractivity contribution is 0.0103. The molecule has 2 rings (SSSR count). The Hall–Kier alpha value is -2.18.